The van der Waals surface area contributed by atoms with Crippen LogP contribution < -0.4 is 15.4 Å². The first-order valence-electron chi connectivity index (χ1n) is 8.20. The van der Waals surface area contributed by atoms with E-state index >= 15 is 0 Å². The maximum atomic E-state index is 12.0. The summed E-state index contributed by atoms with van der Waals surface area (Å²) in [5, 5.41) is 8.42. The van der Waals surface area contributed by atoms with Crippen molar-refractivity contribution in [2.75, 3.05) is 19.6 Å². The summed E-state index contributed by atoms with van der Waals surface area (Å²) in [7, 11) is -3.40. The first-order valence-corrected chi connectivity index (χ1v) is 10.6. The zero-order chi connectivity index (χ0) is 16.5. The Balaban J connectivity index is 1.80. The van der Waals surface area contributed by atoms with Gasteiger partial charge in [-0.05, 0) is 31.2 Å². The first-order chi connectivity index (χ1) is 11.1. The molecule has 0 atom stereocenters. The second kappa shape index (κ2) is 9.24. The molecule has 0 radical (unpaired) electrons. The molecule has 1 heterocycles. The van der Waals surface area contributed by atoms with Gasteiger partial charge in [-0.1, -0.05) is 25.3 Å². The third-order valence-corrected chi connectivity index (χ3v) is 6.58. The third-order valence-electron chi connectivity index (χ3n) is 3.72. The molecule has 0 bridgehead atoms. The van der Waals surface area contributed by atoms with Crippen molar-refractivity contribution in [1.29, 1.82) is 0 Å². The lowest BCUT2D eigenvalue weighted by Gasteiger charge is -2.24. The van der Waals surface area contributed by atoms with E-state index in [1.165, 1.54) is 43.4 Å². The number of nitrogens with one attached hydrogen (secondary N) is 3. The molecular formula is C15H26N4O2S2. The van der Waals surface area contributed by atoms with E-state index in [0.29, 0.717) is 23.3 Å². The summed E-state index contributed by atoms with van der Waals surface area (Å²) < 4.78 is 26.9. The van der Waals surface area contributed by atoms with Crippen molar-refractivity contribution in [3.8, 4) is 0 Å². The summed E-state index contributed by atoms with van der Waals surface area (Å²) in [5.74, 6) is 0.773. The average molecular weight is 359 g/mol. The van der Waals surface area contributed by atoms with Crippen LogP contribution in [0.3, 0.4) is 0 Å². The number of nitrogens with zero attached hydrogens (tertiary/aromatic N) is 1. The van der Waals surface area contributed by atoms with E-state index in [1.54, 1.807) is 17.5 Å². The van der Waals surface area contributed by atoms with Gasteiger partial charge in [0.05, 0.1) is 6.54 Å². The molecule has 0 aliphatic heterocycles. The number of thiophene rings is 1. The van der Waals surface area contributed by atoms with Gasteiger partial charge in [-0.3, -0.25) is 4.99 Å². The van der Waals surface area contributed by atoms with Crippen LogP contribution in [0.25, 0.3) is 0 Å². The Morgan fingerprint density at radius 3 is 2.78 bits per heavy atom. The van der Waals surface area contributed by atoms with E-state index in [9.17, 15) is 8.42 Å². The highest BCUT2D eigenvalue weighted by molar-refractivity contribution is 7.91. The number of aliphatic imine (C=N–C) groups is 1. The van der Waals surface area contributed by atoms with Gasteiger partial charge in [-0.25, -0.2) is 13.1 Å². The van der Waals surface area contributed by atoms with Crippen LogP contribution in [0, 0.1) is 0 Å². The SMILES string of the molecule is CCNC(=NCCNS(=O)(=O)c1cccs1)NC1CCCCC1. The van der Waals surface area contributed by atoms with Crippen molar-refractivity contribution in [2.24, 2.45) is 4.99 Å². The molecule has 6 nitrogen and oxygen atoms in total. The molecule has 1 saturated carbocycles. The van der Waals surface area contributed by atoms with Gasteiger partial charge in [-0.15, -0.1) is 11.3 Å². The summed E-state index contributed by atoms with van der Waals surface area (Å²) >= 11 is 1.21. The molecular weight excluding hydrogens is 332 g/mol. The molecule has 8 heteroatoms. The Bertz CT molecular complexity index is 579. The molecule has 1 fully saturated rings. The lowest BCUT2D eigenvalue weighted by atomic mass is 9.96. The van der Waals surface area contributed by atoms with Gasteiger partial charge in [0.15, 0.2) is 5.96 Å². The fourth-order valence-electron chi connectivity index (χ4n) is 2.60. The Morgan fingerprint density at radius 1 is 1.35 bits per heavy atom. The molecule has 0 spiro atoms. The molecule has 0 amide bonds. The van der Waals surface area contributed by atoms with E-state index in [-0.39, 0.29) is 0 Å². The maximum absolute atomic E-state index is 12.0. The maximum Gasteiger partial charge on any atom is 0.250 e. The molecule has 1 aliphatic rings. The zero-order valence-corrected chi connectivity index (χ0v) is 15.2. The van der Waals surface area contributed by atoms with Crippen LogP contribution in [0.4, 0.5) is 0 Å². The van der Waals surface area contributed by atoms with Crippen molar-refractivity contribution in [1.82, 2.24) is 15.4 Å². The van der Waals surface area contributed by atoms with E-state index in [4.69, 9.17) is 0 Å². The summed E-state index contributed by atoms with van der Waals surface area (Å²) in [5.41, 5.74) is 0. The van der Waals surface area contributed by atoms with Crippen LogP contribution in [-0.2, 0) is 10.0 Å². The molecule has 0 saturated heterocycles. The summed E-state index contributed by atoms with van der Waals surface area (Å²) in [4.78, 5) is 4.46. The summed E-state index contributed by atoms with van der Waals surface area (Å²) in [6.07, 6.45) is 6.19. The monoisotopic (exact) mass is 358 g/mol. The van der Waals surface area contributed by atoms with Crippen LogP contribution in [0.15, 0.2) is 26.7 Å². The highest BCUT2D eigenvalue weighted by atomic mass is 32.2. The number of rotatable bonds is 7. The van der Waals surface area contributed by atoms with Gasteiger partial charge >= 0.3 is 0 Å². The normalized spacial score (nSPS) is 17.2. The van der Waals surface area contributed by atoms with Crippen molar-refractivity contribution >= 4 is 27.3 Å². The van der Waals surface area contributed by atoms with E-state index in [1.807, 2.05) is 6.92 Å². The third kappa shape index (κ3) is 6.12. The minimum atomic E-state index is -3.40. The largest absolute Gasteiger partial charge is 0.357 e. The summed E-state index contributed by atoms with van der Waals surface area (Å²) in [6.45, 7) is 3.52. The Labute approximate surface area is 142 Å². The lowest BCUT2D eigenvalue weighted by molar-refractivity contribution is 0.410. The lowest BCUT2D eigenvalue weighted by Crippen LogP contribution is -2.44. The van der Waals surface area contributed by atoms with Crippen LogP contribution in [-0.4, -0.2) is 40.1 Å². The van der Waals surface area contributed by atoms with Gasteiger partial charge in [0.2, 0.25) is 10.0 Å². The molecule has 2 rings (SSSR count). The van der Waals surface area contributed by atoms with E-state index in [0.717, 1.165) is 12.5 Å². The Morgan fingerprint density at radius 2 is 2.13 bits per heavy atom. The van der Waals surface area contributed by atoms with Crippen LogP contribution in [0.1, 0.15) is 39.0 Å². The molecule has 3 N–H and O–H groups in total. The van der Waals surface area contributed by atoms with Gasteiger partial charge in [0.25, 0.3) is 0 Å². The van der Waals surface area contributed by atoms with Crippen LogP contribution in [0.5, 0.6) is 0 Å². The Kier molecular flexibility index (Phi) is 7.32. The van der Waals surface area contributed by atoms with Crippen LogP contribution in [0.2, 0.25) is 0 Å². The number of hydrogen-bond acceptors (Lipinski definition) is 4. The average Bonchev–Trinajstić information content (AvgIpc) is 3.08. The number of sulfonamides is 1. The second-order valence-electron chi connectivity index (χ2n) is 5.57. The van der Waals surface area contributed by atoms with Crippen molar-refractivity contribution in [2.45, 2.75) is 49.3 Å². The van der Waals surface area contributed by atoms with Gasteiger partial charge in [0.1, 0.15) is 4.21 Å². The topological polar surface area (TPSA) is 82.6 Å². The van der Waals surface area contributed by atoms with Gasteiger partial charge in [-0.2, -0.15) is 0 Å². The number of guanidine groups is 1. The van der Waals surface area contributed by atoms with E-state index < -0.39 is 10.0 Å². The van der Waals surface area contributed by atoms with Crippen molar-refractivity contribution in [3.05, 3.63) is 17.5 Å². The predicted octanol–water partition coefficient (Wildman–Crippen LogP) is 1.91. The minimum Gasteiger partial charge on any atom is -0.357 e. The predicted molar refractivity (Wildman–Crippen MR) is 95.5 cm³/mol. The molecule has 130 valence electrons. The van der Waals surface area contributed by atoms with Crippen LogP contribution >= 0.6 is 11.3 Å². The van der Waals surface area contributed by atoms with Gasteiger partial charge < -0.3 is 10.6 Å². The molecule has 1 aromatic rings. The second-order valence-corrected chi connectivity index (χ2v) is 8.51. The molecule has 1 aliphatic carbocycles. The van der Waals surface area contributed by atoms with E-state index in [2.05, 4.69) is 20.3 Å². The number of hydrogen-bond donors (Lipinski definition) is 3. The van der Waals surface area contributed by atoms with Crippen molar-refractivity contribution in [3.63, 3.8) is 0 Å². The quantitative estimate of drug-likeness (QED) is 0.395. The Hall–Kier alpha value is -1.12. The van der Waals surface area contributed by atoms with Crippen molar-refractivity contribution < 1.29 is 8.42 Å². The summed E-state index contributed by atoms with van der Waals surface area (Å²) in [6, 6.07) is 3.81. The minimum absolute atomic E-state index is 0.293. The fraction of sp³-hybridized carbons (Fsp3) is 0.667. The highest BCUT2D eigenvalue weighted by Gasteiger charge is 2.15. The van der Waals surface area contributed by atoms with Gasteiger partial charge in [0, 0.05) is 19.1 Å². The fourth-order valence-corrected chi connectivity index (χ4v) is 4.65. The highest BCUT2D eigenvalue weighted by Crippen LogP contribution is 2.17. The molecule has 1 aromatic heterocycles. The molecule has 0 aromatic carbocycles. The molecule has 0 unspecified atom stereocenters. The zero-order valence-electron chi connectivity index (χ0n) is 13.5. The smallest absolute Gasteiger partial charge is 0.250 e. The first kappa shape index (κ1) is 18.2. The standard InChI is InChI=1S/C15H26N4O2S2/c1-2-16-15(19-13-7-4-3-5-8-13)17-10-11-18-23(20,21)14-9-6-12-22-14/h6,9,12-13,18H,2-5,7-8,10-11H2,1H3,(H2,16,17,19). The molecule has 23 heavy (non-hydrogen) atoms.